The maximum Gasteiger partial charge on any atom is 0.326 e. The third-order valence-corrected chi connectivity index (χ3v) is 4.21. The van der Waals surface area contributed by atoms with E-state index < -0.39 is 85.3 Å². The van der Waals surface area contributed by atoms with Crippen LogP contribution in [-0.4, -0.2) is 101 Å². The average molecular weight is 476 g/mol. The summed E-state index contributed by atoms with van der Waals surface area (Å²) in [6.45, 7) is 2.06. The standard InChI is InChI=1S/C18H32N6O9/c1-8(2)14(18(32)33)24-16(30)10(7-25)22-17(31)15(9(3)26)23-13(29)6-21-12(28)5-20-11(27)4-19/h8-10,14-15,25-26H,4-7,19H2,1-3H3,(H,20,27)(H,21,28)(H,22,31)(H,23,29)(H,24,30)(H,32,33)/t9-,10+,14+,15+/m1/s1. The molecule has 10 N–H and O–H groups in total. The normalized spacial score (nSPS) is 14.3. The Morgan fingerprint density at radius 3 is 1.79 bits per heavy atom. The Hall–Kier alpha value is -3.30. The predicted octanol–water partition coefficient (Wildman–Crippen LogP) is -5.25. The summed E-state index contributed by atoms with van der Waals surface area (Å²) in [7, 11) is 0. The van der Waals surface area contributed by atoms with Crippen molar-refractivity contribution in [3.05, 3.63) is 0 Å². The molecule has 0 saturated carbocycles. The van der Waals surface area contributed by atoms with Gasteiger partial charge in [-0.05, 0) is 12.8 Å². The van der Waals surface area contributed by atoms with Crippen LogP contribution in [0.1, 0.15) is 20.8 Å². The van der Waals surface area contributed by atoms with Gasteiger partial charge in [-0.2, -0.15) is 0 Å². The van der Waals surface area contributed by atoms with Gasteiger partial charge in [0.2, 0.25) is 29.5 Å². The van der Waals surface area contributed by atoms with E-state index in [0.717, 1.165) is 0 Å². The first-order valence-corrected chi connectivity index (χ1v) is 9.99. The van der Waals surface area contributed by atoms with Crippen molar-refractivity contribution in [1.82, 2.24) is 26.6 Å². The van der Waals surface area contributed by atoms with Crippen molar-refractivity contribution in [3.8, 4) is 0 Å². The zero-order valence-electron chi connectivity index (χ0n) is 18.6. The SMILES string of the molecule is CC(C)[C@H](NC(=O)[C@H](CO)NC(=O)[C@@H](NC(=O)CNC(=O)CNC(=O)CN)[C@@H](C)O)C(=O)O. The van der Waals surface area contributed by atoms with Crippen LogP contribution in [-0.2, 0) is 28.8 Å². The van der Waals surface area contributed by atoms with Gasteiger partial charge < -0.3 is 47.6 Å². The minimum Gasteiger partial charge on any atom is -0.480 e. The number of hydrogen-bond donors (Lipinski definition) is 9. The molecular formula is C18H32N6O9. The number of carboxylic acids is 1. The topological polar surface area (TPSA) is 249 Å². The smallest absolute Gasteiger partial charge is 0.326 e. The number of nitrogens with two attached hydrogens (primary N) is 1. The van der Waals surface area contributed by atoms with Crippen LogP contribution in [0.5, 0.6) is 0 Å². The zero-order valence-corrected chi connectivity index (χ0v) is 18.6. The highest BCUT2D eigenvalue weighted by molar-refractivity contribution is 5.94. The second-order valence-corrected chi connectivity index (χ2v) is 7.36. The molecule has 0 aliphatic carbocycles. The van der Waals surface area contributed by atoms with Crippen molar-refractivity contribution in [2.24, 2.45) is 11.7 Å². The first kappa shape index (κ1) is 29.7. The van der Waals surface area contributed by atoms with Crippen molar-refractivity contribution in [1.29, 1.82) is 0 Å². The number of amides is 5. The Labute approximate surface area is 189 Å². The summed E-state index contributed by atoms with van der Waals surface area (Å²) in [6.07, 6.45) is -1.43. The van der Waals surface area contributed by atoms with Crippen LogP contribution in [0.25, 0.3) is 0 Å². The third kappa shape index (κ3) is 11.2. The molecule has 33 heavy (non-hydrogen) atoms. The van der Waals surface area contributed by atoms with Crippen molar-refractivity contribution in [3.63, 3.8) is 0 Å². The van der Waals surface area contributed by atoms with E-state index in [2.05, 4.69) is 26.6 Å². The van der Waals surface area contributed by atoms with Gasteiger partial charge in [-0.15, -0.1) is 0 Å². The lowest BCUT2D eigenvalue weighted by Gasteiger charge is -2.25. The molecule has 0 rings (SSSR count). The highest BCUT2D eigenvalue weighted by atomic mass is 16.4. The molecule has 188 valence electrons. The van der Waals surface area contributed by atoms with E-state index in [1.807, 2.05) is 0 Å². The molecule has 15 heteroatoms. The van der Waals surface area contributed by atoms with Gasteiger partial charge in [-0.3, -0.25) is 24.0 Å². The summed E-state index contributed by atoms with van der Waals surface area (Å²) in [5.41, 5.74) is 5.07. The fourth-order valence-corrected chi connectivity index (χ4v) is 2.35. The number of aliphatic hydroxyl groups excluding tert-OH is 2. The van der Waals surface area contributed by atoms with E-state index >= 15 is 0 Å². The van der Waals surface area contributed by atoms with Crippen LogP contribution >= 0.6 is 0 Å². The number of carboxylic acid groups (broad SMARTS) is 1. The summed E-state index contributed by atoms with van der Waals surface area (Å²) in [6, 6.07) is -4.38. The number of rotatable bonds is 14. The second kappa shape index (κ2) is 14.7. The molecule has 0 bridgehead atoms. The van der Waals surface area contributed by atoms with Gasteiger partial charge in [0.1, 0.15) is 18.1 Å². The Balaban J connectivity index is 4.94. The van der Waals surface area contributed by atoms with E-state index in [1.54, 1.807) is 13.8 Å². The number of carbonyl (C=O) groups excluding carboxylic acids is 5. The van der Waals surface area contributed by atoms with Gasteiger partial charge in [-0.1, -0.05) is 13.8 Å². The zero-order chi connectivity index (χ0) is 25.7. The van der Waals surface area contributed by atoms with E-state index in [0.29, 0.717) is 0 Å². The summed E-state index contributed by atoms with van der Waals surface area (Å²) >= 11 is 0. The van der Waals surface area contributed by atoms with Gasteiger partial charge in [0.15, 0.2) is 0 Å². The van der Waals surface area contributed by atoms with Crippen LogP contribution < -0.4 is 32.3 Å². The van der Waals surface area contributed by atoms with Crippen molar-refractivity contribution in [2.45, 2.75) is 45.0 Å². The van der Waals surface area contributed by atoms with Gasteiger partial charge >= 0.3 is 5.97 Å². The molecule has 0 aromatic carbocycles. The molecule has 0 radical (unpaired) electrons. The van der Waals surface area contributed by atoms with Gasteiger partial charge in [0.25, 0.3) is 0 Å². The Morgan fingerprint density at radius 1 is 0.788 bits per heavy atom. The fraction of sp³-hybridized carbons (Fsp3) is 0.667. The summed E-state index contributed by atoms with van der Waals surface area (Å²) in [5.74, 6) is -5.96. The number of hydrogen-bond acceptors (Lipinski definition) is 9. The number of nitrogens with one attached hydrogen (secondary N) is 5. The molecule has 0 unspecified atom stereocenters. The summed E-state index contributed by atoms with van der Waals surface area (Å²) in [4.78, 5) is 70.5. The minimum atomic E-state index is -1.56. The van der Waals surface area contributed by atoms with Crippen LogP contribution in [0.3, 0.4) is 0 Å². The number of aliphatic carboxylic acids is 1. The Kier molecular flexibility index (Phi) is 13.2. The molecular weight excluding hydrogens is 444 g/mol. The average Bonchev–Trinajstić information content (AvgIpc) is 2.74. The molecule has 0 spiro atoms. The molecule has 15 nitrogen and oxygen atoms in total. The highest BCUT2D eigenvalue weighted by Gasteiger charge is 2.32. The summed E-state index contributed by atoms with van der Waals surface area (Å²) < 4.78 is 0. The van der Waals surface area contributed by atoms with E-state index in [9.17, 15) is 39.0 Å². The quantitative estimate of drug-likeness (QED) is 0.115. The summed E-state index contributed by atoms with van der Waals surface area (Å²) in [5, 5.41) is 39.3. The molecule has 0 saturated heterocycles. The molecule has 0 fully saturated rings. The molecule has 0 aliphatic rings. The van der Waals surface area contributed by atoms with Crippen molar-refractivity contribution >= 4 is 35.5 Å². The second-order valence-electron chi connectivity index (χ2n) is 7.36. The Bertz CT molecular complexity index is 728. The number of aliphatic hydroxyl groups is 2. The lowest BCUT2D eigenvalue weighted by atomic mass is 10.0. The maximum atomic E-state index is 12.5. The first-order chi connectivity index (χ1) is 15.3. The lowest BCUT2D eigenvalue weighted by Crippen LogP contribution is -2.60. The molecule has 5 amide bonds. The van der Waals surface area contributed by atoms with Gasteiger partial charge in [0.05, 0.1) is 32.3 Å². The van der Waals surface area contributed by atoms with Crippen LogP contribution in [0.15, 0.2) is 0 Å². The lowest BCUT2D eigenvalue weighted by molar-refractivity contribution is -0.144. The largest absolute Gasteiger partial charge is 0.480 e. The monoisotopic (exact) mass is 476 g/mol. The van der Waals surface area contributed by atoms with Gasteiger partial charge in [-0.25, -0.2) is 4.79 Å². The fourth-order valence-electron chi connectivity index (χ4n) is 2.35. The molecule has 0 heterocycles. The van der Waals surface area contributed by atoms with E-state index in [1.165, 1.54) is 6.92 Å². The molecule has 0 aromatic heterocycles. The van der Waals surface area contributed by atoms with Crippen LogP contribution in [0.2, 0.25) is 0 Å². The molecule has 0 aromatic rings. The minimum absolute atomic E-state index is 0.319. The van der Waals surface area contributed by atoms with Crippen LogP contribution in [0, 0.1) is 5.92 Å². The maximum absolute atomic E-state index is 12.5. The molecule has 4 atom stereocenters. The van der Waals surface area contributed by atoms with E-state index in [4.69, 9.17) is 10.8 Å². The van der Waals surface area contributed by atoms with Crippen molar-refractivity contribution < 1.29 is 44.1 Å². The highest BCUT2D eigenvalue weighted by Crippen LogP contribution is 2.03. The van der Waals surface area contributed by atoms with Crippen molar-refractivity contribution in [2.75, 3.05) is 26.2 Å². The van der Waals surface area contributed by atoms with E-state index in [-0.39, 0.29) is 6.54 Å². The third-order valence-electron chi connectivity index (χ3n) is 4.21. The first-order valence-electron chi connectivity index (χ1n) is 9.99. The number of carbonyl (C=O) groups is 6. The van der Waals surface area contributed by atoms with Gasteiger partial charge in [0, 0.05) is 0 Å². The van der Waals surface area contributed by atoms with Crippen LogP contribution in [0.4, 0.5) is 0 Å². The Morgan fingerprint density at radius 2 is 1.33 bits per heavy atom. The predicted molar refractivity (Wildman–Crippen MR) is 112 cm³/mol. The molecule has 0 aliphatic heterocycles.